The number of hydrogen-bond donors (Lipinski definition) is 0. The van der Waals surface area contributed by atoms with Gasteiger partial charge < -0.3 is 9.64 Å². The van der Waals surface area contributed by atoms with E-state index in [1.54, 1.807) is 6.07 Å². The molecule has 1 aliphatic heterocycles. The SMILES string of the molecule is CC.O=Cc1cccc(N2CCOCC2)n1. The van der Waals surface area contributed by atoms with Crippen LogP contribution in [-0.2, 0) is 4.74 Å². The Hall–Kier alpha value is -1.42. The predicted octanol–water partition coefficient (Wildman–Crippen LogP) is 1.76. The summed E-state index contributed by atoms with van der Waals surface area (Å²) in [5, 5.41) is 0. The normalized spacial score (nSPS) is 15.0. The molecule has 0 aliphatic carbocycles. The third-order valence-electron chi connectivity index (χ3n) is 2.21. The first kappa shape index (κ1) is 12.6. The Morgan fingerprint density at radius 2 is 2.00 bits per heavy atom. The number of morpholine rings is 1. The summed E-state index contributed by atoms with van der Waals surface area (Å²) in [6.45, 7) is 7.14. The smallest absolute Gasteiger partial charge is 0.168 e. The van der Waals surface area contributed by atoms with Crippen molar-refractivity contribution in [3.63, 3.8) is 0 Å². The van der Waals surface area contributed by atoms with Crippen molar-refractivity contribution in [3.8, 4) is 0 Å². The molecular formula is C12H18N2O2. The topological polar surface area (TPSA) is 42.4 Å². The quantitative estimate of drug-likeness (QED) is 0.715. The Bertz CT molecular complexity index is 323. The van der Waals surface area contributed by atoms with Crippen LogP contribution in [0.2, 0.25) is 0 Å². The third kappa shape index (κ3) is 3.31. The van der Waals surface area contributed by atoms with Crippen molar-refractivity contribution >= 4 is 12.1 Å². The summed E-state index contributed by atoms with van der Waals surface area (Å²) >= 11 is 0. The van der Waals surface area contributed by atoms with Gasteiger partial charge in [-0.25, -0.2) is 4.98 Å². The Balaban J connectivity index is 0.000000606. The van der Waals surface area contributed by atoms with Crippen LogP contribution in [0.1, 0.15) is 24.3 Å². The van der Waals surface area contributed by atoms with Gasteiger partial charge in [-0.1, -0.05) is 19.9 Å². The molecule has 1 aliphatic rings. The number of aldehydes is 1. The van der Waals surface area contributed by atoms with E-state index in [2.05, 4.69) is 9.88 Å². The lowest BCUT2D eigenvalue weighted by molar-refractivity contribution is 0.111. The lowest BCUT2D eigenvalue weighted by Crippen LogP contribution is -2.36. The first-order valence-electron chi connectivity index (χ1n) is 5.65. The minimum Gasteiger partial charge on any atom is -0.378 e. The second-order valence-corrected chi connectivity index (χ2v) is 3.14. The van der Waals surface area contributed by atoms with Crippen LogP contribution < -0.4 is 4.90 Å². The van der Waals surface area contributed by atoms with Gasteiger partial charge in [-0.3, -0.25) is 4.79 Å². The van der Waals surface area contributed by atoms with Gasteiger partial charge in [0.15, 0.2) is 6.29 Å². The van der Waals surface area contributed by atoms with E-state index in [1.165, 1.54) is 0 Å². The van der Waals surface area contributed by atoms with E-state index in [0.717, 1.165) is 38.4 Å². The Labute approximate surface area is 96.2 Å². The van der Waals surface area contributed by atoms with Crippen LogP contribution in [0.3, 0.4) is 0 Å². The Morgan fingerprint density at radius 3 is 2.62 bits per heavy atom. The molecule has 0 amide bonds. The zero-order valence-electron chi connectivity index (χ0n) is 9.85. The number of nitrogens with zero attached hydrogens (tertiary/aromatic N) is 2. The van der Waals surface area contributed by atoms with E-state index in [-0.39, 0.29) is 0 Å². The standard InChI is InChI=1S/C10H12N2O2.C2H6/c13-8-9-2-1-3-10(11-9)12-4-6-14-7-5-12;1-2/h1-3,8H,4-7H2;1-2H3. The largest absolute Gasteiger partial charge is 0.378 e. The predicted molar refractivity (Wildman–Crippen MR) is 64.0 cm³/mol. The highest BCUT2D eigenvalue weighted by molar-refractivity contribution is 5.72. The van der Waals surface area contributed by atoms with E-state index in [1.807, 2.05) is 26.0 Å². The molecule has 1 fully saturated rings. The maximum atomic E-state index is 10.5. The molecule has 16 heavy (non-hydrogen) atoms. The van der Waals surface area contributed by atoms with Crippen molar-refractivity contribution in [1.82, 2.24) is 4.98 Å². The molecule has 0 N–H and O–H groups in total. The molecule has 0 unspecified atom stereocenters. The molecule has 1 saturated heterocycles. The molecule has 0 atom stereocenters. The maximum absolute atomic E-state index is 10.5. The van der Waals surface area contributed by atoms with Gasteiger partial charge in [0.05, 0.1) is 13.2 Å². The number of carbonyl (C=O) groups is 1. The third-order valence-corrected chi connectivity index (χ3v) is 2.21. The molecule has 88 valence electrons. The minimum atomic E-state index is 0.481. The van der Waals surface area contributed by atoms with Gasteiger partial charge in [0.2, 0.25) is 0 Å². The molecule has 4 nitrogen and oxygen atoms in total. The molecule has 0 radical (unpaired) electrons. The van der Waals surface area contributed by atoms with Crippen LogP contribution >= 0.6 is 0 Å². The van der Waals surface area contributed by atoms with Gasteiger partial charge in [0.1, 0.15) is 11.5 Å². The highest BCUT2D eigenvalue weighted by Gasteiger charge is 2.11. The number of pyridine rings is 1. The number of anilines is 1. The average molecular weight is 222 g/mol. The van der Waals surface area contributed by atoms with E-state index in [0.29, 0.717) is 5.69 Å². The van der Waals surface area contributed by atoms with Gasteiger partial charge >= 0.3 is 0 Å². The van der Waals surface area contributed by atoms with Crippen molar-refractivity contribution in [2.24, 2.45) is 0 Å². The zero-order valence-corrected chi connectivity index (χ0v) is 9.85. The summed E-state index contributed by atoms with van der Waals surface area (Å²) in [5.41, 5.74) is 0.481. The molecule has 4 heteroatoms. The Kier molecular flexibility index (Phi) is 5.50. The van der Waals surface area contributed by atoms with Crippen molar-refractivity contribution < 1.29 is 9.53 Å². The molecule has 1 aromatic heterocycles. The van der Waals surface area contributed by atoms with E-state index in [4.69, 9.17) is 4.74 Å². The summed E-state index contributed by atoms with van der Waals surface area (Å²) in [7, 11) is 0. The number of aromatic nitrogens is 1. The van der Waals surface area contributed by atoms with Crippen LogP contribution in [0, 0.1) is 0 Å². The fourth-order valence-corrected chi connectivity index (χ4v) is 1.47. The van der Waals surface area contributed by atoms with Crippen LogP contribution in [0.5, 0.6) is 0 Å². The monoisotopic (exact) mass is 222 g/mol. The second kappa shape index (κ2) is 6.95. The molecule has 2 heterocycles. The van der Waals surface area contributed by atoms with Crippen LogP contribution in [0.25, 0.3) is 0 Å². The Morgan fingerprint density at radius 1 is 1.31 bits per heavy atom. The first-order valence-corrected chi connectivity index (χ1v) is 5.65. The van der Waals surface area contributed by atoms with Crippen molar-refractivity contribution in [2.75, 3.05) is 31.2 Å². The van der Waals surface area contributed by atoms with Gasteiger partial charge in [0, 0.05) is 13.1 Å². The highest BCUT2D eigenvalue weighted by atomic mass is 16.5. The molecule has 1 aromatic rings. The van der Waals surface area contributed by atoms with E-state index >= 15 is 0 Å². The lowest BCUT2D eigenvalue weighted by atomic mass is 10.3. The summed E-state index contributed by atoms with van der Waals surface area (Å²) < 4.78 is 5.24. The van der Waals surface area contributed by atoms with Crippen molar-refractivity contribution in [3.05, 3.63) is 23.9 Å². The summed E-state index contributed by atoms with van der Waals surface area (Å²) in [5.74, 6) is 0.859. The fourth-order valence-electron chi connectivity index (χ4n) is 1.47. The zero-order chi connectivity index (χ0) is 11.8. The van der Waals surface area contributed by atoms with Crippen molar-refractivity contribution in [1.29, 1.82) is 0 Å². The number of carbonyl (C=O) groups excluding carboxylic acids is 1. The molecular weight excluding hydrogens is 204 g/mol. The molecule has 0 aromatic carbocycles. The van der Waals surface area contributed by atoms with Gasteiger partial charge in [-0.2, -0.15) is 0 Å². The highest BCUT2D eigenvalue weighted by Crippen LogP contribution is 2.12. The van der Waals surface area contributed by atoms with Gasteiger partial charge in [0.25, 0.3) is 0 Å². The average Bonchev–Trinajstić information content (AvgIpc) is 2.42. The molecule has 0 saturated carbocycles. The first-order chi connectivity index (χ1) is 7.90. The number of ether oxygens (including phenoxy) is 1. The molecule has 2 rings (SSSR count). The summed E-state index contributed by atoms with van der Waals surface area (Å²) in [4.78, 5) is 16.9. The van der Waals surface area contributed by atoms with E-state index in [9.17, 15) is 4.79 Å². The maximum Gasteiger partial charge on any atom is 0.168 e. The van der Waals surface area contributed by atoms with Gasteiger partial charge in [-0.15, -0.1) is 0 Å². The van der Waals surface area contributed by atoms with Crippen molar-refractivity contribution in [2.45, 2.75) is 13.8 Å². The molecule has 0 spiro atoms. The molecule has 0 bridgehead atoms. The summed E-state index contributed by atoms with van der Waals surface area (Å²) in [6.07, 6.45) is 0.768. The van der Waals surface area contributed by atoms with Crippen LogP contribution in [0.4, 0.5) is 5.82 Å². The lowest BCUT2D eigenvalue weighted by Gasteiger charge is -2.27. The number of rotatable bonds is 2. The minimum absolute atomic E-state index is 0.481. The second-order valence-electron chi connectivity index (χ2n) is 3.14. The van der Waals surface area contributed by atoms with Gasteiger partial charge in [-0.05, 0) is 12.1 Å². The van der Waals surface area contributed by atoms with Crippen LogP contribution in [-0.4, -0.2) is 37.6 Å². The fraction of sp³-hybridized carbons (Fsp3) is 0.500. The number of hydrogen-bond acceptors (Lipinski definition) is 4. The summed E-state index contributed by atoms with van der Waals surface area (Å²) in [6, 6.07) is 5.47. The van der Waals surface area contributed by atoms with E-state index < -0.39 is 0 Å². The van der Waals surface area contributed by atoms with Crippen LogP contribution in [0.15, 0.2) is 18.2 Å².